The van der Waals surface area contributed by atoms with E-state index in [0.29, 0.717) is 9.47 Å². The van der Waals surface area contributed by atoms with E-state index in [9.17, 15) is 4.79 Å². The fraction of sp³-hybridized carbons (Fsp3) is 0.875. The van der Waals surface area contributed by atoms with Crippen LogP contribution in [-0.4, -0.2) is 11.9 Å². The first kappa shape index (κ1) is 10.8. The first-order chi connectivity index (χ1) is 5.74. The van der Waals surface area contributed by atoms with E-state index < -0.39 is 23.3 Å². The predicted molar refractivity (Wildman–Crippen MR) is 45.7 cm³/mol. The number of carbonyl (C=O) groups excluding carboxylic acids is 1. The predicted octanol–water partition coefficient (Wildman–Crippen LogP) is 2.09. The summed E-state index contributed by atoms with van der Waals surface area (Å²) in [4.78, 5) is 10.8. The van der Waals surface area contributed by atoms with E-state index in [-0.39, 0.29) is 5.91 Å². The number of hydrogen-bond acceptors (Lipinski definition) is 1. The summed E-state index contributed by atoms with van der Waals surface area (Å²) in [5, 5.41) is 3.01. The van der Waals surface area contributed by atoms with E-state index in [1.54, 1.807) is 6.92 Å². The van der Waals surface area contributed by atoms with E-state index in [4.69, 9.17) is 8.25 Å². The Morgan fingerprint density at radius 3 is 2.75 bits per heavy atom. The molecule has 0 aromatic carbocycles. The fourth-order valence-electron chi connectivity index (χ4n) is 1.84. The Bertz CT molecular complexity index is 165. The summed E-state index contributed by atoms with van der Waals surface area (Å²) in [6.45, 7) is 1.59. The number of hydrogen-bond donors (Lipinski definition) is 1. The minimum atomic E-state index is -1.15. The molecule has 0 radical (unpaired) electrons. The SMILES string of the molecule is CC(=O)N[C@H]1CCCC[C@@H]1[Hg][Cl]. The van der Waals surface area contributed by atoms with Crippen LogP contribution in [-0.2, 0) is 28.1 Å². The van der Waals surface area contributed by atoms with E-state index in [0.717, 1.165) is 6.42 Å². The van der Waals surface area contributed by atoms with Gasteiger partial charge in [-0.25, -0.2) is 0 Å². The zero-order valence-electron chi connectivity index (χ0n) is 7.48. The molecule has 2 atom stereocenters. The first-order valence-corrected chi connectivity index (χ1v) is 14.5. The third-order valence-corrected chi connectivity index (χ3v) is 11.3. The fourth-order valence-corrected chi connectivity index (χ4v) is 9.02. The Hall–Kier alpha value is 0.695. The van der Waals surface area contributed by atoms with Crippen LogP contribution >= 0.6 is 8.25 Å². The van der Waals surface area contributed by atoms with Crippen molar-refractivity contribution in [1.82, 2.24) is 5.32 Å². The van der Waals surface area contributed by atoms with Crippen molar-refractivity contribution in [3.05, 3.63) is 0 Å². The van der Waals surface area contributed by atoms with Crippen molar-refractivity contribution in [1.29, 1.82) is 0 Å². The molecule has 1 aliphatic rings. The molecule has 0 aliphatic heterocycles. The molecule has 1 N–H and O–H groups in total. The summed E-state index contributed by atoms with van der Waals surface area (Å²) in [6, 6.07) is 0.426. The third kappa shape index (κ3) is 3.21. The first-order valence-electron chi connectivity index (χ1n) is 4.57. The van der Waals surface area contributed by atoms with Crippen LogP contribution in [0.5, 0.6) is 0 Å². The molecular formula is C8H14ClHgNO. The molecule has 0 saturated heterocycles. The van der Waals surface area contributed by atoms with Gasteiger partial charge in [-0.05, 0) is 0 Å². The molecule has 0 bridgehead atoms. The van der Waals surface area contributed by atoms with Gasteiger partial charge in [0.25, 0.3) is 0 Å². The summed E-state index contributed by atoms with van der Waals surface area (Å²) in [5.41, 5.74) is 0. The van der Waals surface area contributed by atoms with Gasteiger partial charge in [0.15, 0.2) is 0 Å². The van der Waals surface area contributed by atoms with E-state index in [1.165, 1.54) is 19.3 Å². The monoisotopic (exact) mass is 377 g/mol. The number of amides is 1. The minimum absolute atomic E-state index is 0.102. The van der Waals surface area contributed by atoms with Crippen LogP contribution in [0, 0.1) is 0 Å². The Morgan fingerprint density at radius 2 is 2.17 bits per heavy atom. The van der Waals surface area contributed by atoms with Crippen LogP contribution in [0.3, 0.4) is 0 Å². The van der Waals surface area contributed by atoms with Crippen LogP contribution in [0.2, 0.25) is 3.43 Å². The number of nitrogens with one attached hydrogen (secondary N) is 1. The molecular weight excluding hydrogens is 362 g/mol. The van der Waals surface area contributed by atoms with E-state index >= 15 is 0 Å². The van der Waals surface area contributed by atoms with Crippen molar-refractivity contribution in [3.8, 4) is 0 Å². The zero-order valence-corrected chi connectivity index (χ0v) is 13.7. The number of halogens is 1. The van der Waals surface area contributed by atoms with E-state index in [2.05, 4.69) is 5.32 Å². The van der Waals surface area contributed by atoms with Crippen LogP contribution in [0.15, 0.2) is 0 Å². The summed E-state index contributed by atoms with van der Waals surface area (Å²) in [5.74, 6) is 0.102. The maximum absolute atomic E-state index is 10.8. The summed E-state index contributed by atoms with van der Waals surface area (Å²) >= 11 is -1.15. The average Bonchev–Trinajstić information content (AvgIpc) is 2.04. The van der Waals surface area contributed by atoms with Gasteiger partial charge in [-0.2, -0.15) is 0 Å². The molecule has 1 fully saturated rings. The normalized spacial score (nSPS) is 29.2. The molecule has 66 valence electrons. The van der Waals surface area contributed by atoms with Gasteiger partial charge in [0, 0.05) is 0 Å². The molecule has 0 aromatic rings. The van der Waals surface area contributed by atoms with Gasteiger partial charge >= 0.3 is 89.7 Å². The molecule has 2 nitrogen and oxygen atoms in total. The summed E-state index contributed by atoms with van der Waals surface area (Å²) < 4.78 is 0.712. The Balaban J connectivity index is 2.41. The van der Waals surface area contributed by atoms with Crippen LogP contribution < -0.4 is 5.32 Å². The Kier molecular flexibility index (Phi) is 4.88. The maximum atomic E-state index is 10.8. The Labute approximate surface area is 89.3 Å². The topological polar surface area (TPSA) is 29.1 Å². The zero-order chi connectivity index (χ0) is 8.97. The van der Waals surface area contributed by atoms with Crippen molar-refractivity contribution < 1.29 is 28.1 Å². The van der Waals surface area contributed by atoms with Crippen LogP contribution in [0.4, 0.5) is 0 Å². The third-order valence-electron chi connectivity index (χ3n) is 2.50. The van der Waals surface area contributed by atoms with E-state index in [1.807, 2.05) is 0 Å². The second-order valence-corrected chi connectivity index (χ2v) is 11.5. The van der Waals surface area contributed by atoms with Gasteiger partial charge in [-0.3, -0.25) is 0 Å². The summed E-state index contributed by atoms with van der Waals surface area (Å²) in [6.07, 6.45) is 4.98. The van der Waals surface area contributed by atoms with Crippen LogP contribution in [0.1, 0.15) is 32.6 Å². The van der Waals surface area contributed by atoms with Gasteiger partial charge in [0.2, 0.25) is 0 Å². The van der Waals surface area contributed by atoms with Gasteiger partial charge in [-0.15, -0.1) is 0 Å². The second kappa shape index (κ2) is 5.43. The molecule has 0 heterocycles. The second-order valence-electron chi connectivity index (χ2n) is 3.51. The van der Waals surface area contributed by atoms with Crippen molar-refractivity contribution in [2.24, 2.45) is 0 Å². The molecule has 0 spiro atoms. The number of carbonyl (C=O) groups is 1. The van der Waals surface area contributed by atoms with Crippen molar-refractivity contribution in [2.45, 2.75) is 42.1 Å². The van der Waals surface area contributed by atoms with Gasteiger partial charge < -0.3 is 0 Å². The van der Waals surface area contributed by atoms with Crippen LogP contribution in [0.25, 0.3) is 0 Å². The van der Waals surface area contributed by atoms with Gasteiger partial charge in [0.05, 0.1) is 0 Å². The molecule has 0 aromatic heterocycles. The number of rotatable bonds is 2. The van der Waals surface area contributed by atoms with Gasteiger partial charge in [0.1, 0.15) is 0 Å². The van der Waals surface area contributed by atoms with Crippen molar-refractivity contribution in [3.63, 3.8) is 0 Å². The molecule has 1 amide bonds. The molecule has 1 aliphatic carbocycles. The molecule has 1 saturated carbocycles. The molecule has 12 heavy (non-hydrogen) atoms. The standard InChI is InChI=1S/C8H14NO.ClH.Hg/c1-7(10)9-8-5-3-2-4-6-8;;/h5,8H,2-4,6H2,1H3,(H,9,10);1H;/q;;+1/p-1/t8-;;/m1../s1. The summed E-state index contributed by atoms with van der Waals surface area (Å²) in [7, 11) is 6.03. The van der Waals surface area contributed by atoms with Gasteiger partial charge in [-0.1, -0.05) is 0 Å². The van der Waals surface area contributed by atoms with Crippen molar-refractivity contribution >= 4 is 14.2 Å². The van der Waals surface area contributed by atoms with Crippen molar-refractivity contribution in [2.75, 3.05) is 0 Å². The molecule has 0 unspecified atom stereocenters. The Morgan fingerprint density at radius 1 is 1.50 bits per heavy atom. The quantitative estimate of drug-likeness (QED) is 0.735. The average molecular weight is 376 g/mol. The molecule has 4 heteroatoms. The molecule has 1 rings (SSSR count).